The van der Waals surface area contributed by atoms with E-state index in [0.717, 1.165) is 31.9 Å². The van der Waals surface area contributed by atoms with Crippen molar-refractivity contribution in [3.05, 3.63) is 23.8 Å². The molecule has 0 aliphatic carbocycles. The second-order valence-corrected chi connectivity index (χ2v) is 4.00. The summed E-state index contributed by atoms with van der Waals surface area (Å²) in [6, 6.07) is 5.13. The minimum atomic E-state index is -0.350. The van der Waals surface area contributed by atoms with Gasteiger partial charge in [-0.1, -0.05) is 0 Å². The van der Waals surface area contributed by atoms with Gasteiger partial charge in [0.2, 0.25) is 0 Å². The fourth-order valence-electron chi connectivity index (χ4n) is 1.61. The fourth-order valence-corrected chi connectivity index (χ4v) is 1.61. The number of nitrogens with one attached hydrogen (secondary N) is 1. The van der Waals surface area contributed by atoms with Crippen molar-refractivity contribution in [2.24, 2.45) is 0 Å². The molecule has 3 N–H and O–H groups in total. The zero-order chi connectivity index (χ0) is 14.1. The van der Waals surface area contributed by atoms with Crippen LogP contribution in [0, 0.1) is 0 Å². The standard InChI is InChI=1S/C14H22N2O3/c1-3-18-9-5-8-16-13-7-6-11(10-12(13)15)14(17)19-4-2/h6-7,10,16H,3-5,8-9,15H2,1-2H3. The van der Waals surface area contributed by atoms with Crippen molar-refractivity contribution >= 4 is 17.3 Å². The van der Waals surface area contributed by atoms with Crippen LogP contribution in [0.2, 0.25) is 0 Å². The molecule has 5 nitrogen and oxygen atoms in total. The van der Waals surface area contributed by atoms with Gasteiger partial charge < -0.3 is 20.5 Å². The van der Waals surface area contributed by atoms with Crippen LogP contribution in [0.4, 0.5) is 11.4 Å². The first-order valence-electron chi connectivity index (χ1n) is 6.57. The Morgan fingerprint density at radius 3 is 2.74 bits per heavy atom. The van der Waals surface area contributed by atoms with Crippen molar-refractivity contribution in [2.75, 3.05) is 37.4 Å². The highest BCUT2D eigenvalue weighted by Crippen LogP contribution is 2.20. The summed E-state index contributed by atoms with van der Waals surface area (Å²) in [6.07, 6.45) is 0.910. The van der Waals surface area contributed by atoms with E-state index < -0.39 is 0 Å². The summed E-state index contributed by atoms with van der Waals surface area (Å²) in [5.41, 5.74) is 7.73. The van der Waals surface area contributed by atoms with Crippen LogP contribution in [0.3, 0.4) is 0 Å². The van der Waals surface area contributed by atoms with E-state index in [9.17, 15) is 4.79 Å². The number of anilines is 2. The molecule has 0 spiro atoms. The molecule has 0 atom stereocenters. The van der Waals surface area contributed by atoms with Crippen LogP contribution in [-0.4, -0.2) is 32.3 Å². The van der Waals surface area contributed by atoms with E-state index in [2.05, 4.69) is 5.32 Å². The second-order valence-electron chi connectivity index (χ2n) is 4.00. The summed E-state index contributed by atoms with van der Waals surface area (Å²) in [7, 11) is 0. The molecule has 0 saturated carbocycles. The highest BCUT2D eigenvalue weighted by atomic mass is 16.5. The Morgan fingerprint density at radius 1 is 1.32 bits per heavy atom. The SMILES string of the molecule is CCOCCCNc1ccc(C(=O)OCC)cc1N. The molecule has 0 bridgehead atoms. The molecule has 0 fully saturated rings. The van der Waals surface area contributed by atoms with Crippen LogP contribution in [0.1, 0.15) is 30.6 Å². The summed E-state index contributed by atoms with van der Waals surface area (Å²) in [6.45, 7) is 6.34. The van der Waals surface area contributed by atoms with Crippen molar-refractivity contribution in [3.63, 3.8) is 0 Å². The molecule has 0 saturated heterocycles. The number of esters is 1. The number of hydrogen-bond donors (Lipinski definition) is 2. The van der Waals surface area contributed by atoms with E-state index in [1.165, 1.54) is 0 Å². The molecule has 0 unspecified atom stereocenters. The first kappa shape index (κ1) is 15.3. The van der Waals surface area contributed by atoms with Gasteiger partial charge in [-0.25, -0.2) is 4.79 Å². The maximum atomic E-state index is 11.5. The van der Waals surface area contributed by atoms with Crippen molar-refractivity contribution in [1.29, 1.82) is 0 Å². The van der Waals surface area contributed by atoms with Crippen LogP contribution in [0.15, 0.2) is 18.2 Å². The van der Waals surface area contributed by atoms with Crippen LogP contribution in [0.5, 0.6) is 0 Å². The molecule has 0 heterocycles. The molecule has 0 aliphatic heterocycles. The quantitative estimate of drug-likeness (QED) is 0.429. The van der Waals surface area contributed by atoms with E-state index in [0.29, 0.717) is 17.9 Å². The van der Waals surface area contributed by atoms with Gasteiger partial charge in [-0.2, -0.15) is 0 Å². The molecule has 0 aromatic heterocycles. The van der Waals surface area contributed by atoms with Gasteiger partial charge in [-0.05, 0) is 38.5 Å². The van der Waals surface area contributed by atoms with Crippen molar-refractivity contribution in [1.82, 2.24) is 0 Å². The summed E-state index contributed by atoms with van der Waals surface area (Å²) in [5.74, 6) is -0.350. The molecule has 0 aliphatic rings. The number of benzene rings is 1. The Balaban J connectivity index is 2.50. The summed E-state index contributed by atoms with van der Waals surface area (Å²) in [5, 5.41) is 3.21. The van der Waals surface area contributed by atoms with Crippen LogP contribution in [-0.2, 0) is 9.47 Å². The number of hydrogen-bond acceptors (Lipinski definition) is 5. The number of ether oxygens (including phenoxy) is 2. The third-order valence-corrected chi connectivity index (χ3v) is 2.55. The van der Waals surface area contributed by atoms with Gasteiger partial charge in [0.15, 0.2) is 0 Å². The number of carbonyl (C=O) groups excluding carboxylic acids is 1. The molecule has 5 heteroatoms. The summed E-state index contributed by atoms with van der Waals surface area (Å²) >= 11 is 0. The van der Waals surface area contributed by atoms with Gasteiger partial charge in [0.1, 0.15) is 0 Å². The van der Waals surface area contributed by atoms with Crippen molar-refractivity contribution < 1.29 is 14.3 Å². The monoisotopic (exact) mass is 266 g/mol. The van der Waals surface area contributed by atoms with Gasteiger partial charge in [0.25, 0.3) is 0 Å². The predicted molar refractivity (Wildman–Crippen MR) is 76.4 cm³/mol. The molecule has 19 heavy (non-hydrogen) atoms. The Hall–Kier alpha value is -1.75. The van der Waals surface area contributed by atoms with Crippen LogP contribution >= 0.6 is 0 Å². The van der Waals surface area contributed by atoms with E-state index in [1.807, 2.05) is 6.92 Å². The smallest absolute Gasteiger partial charge is 0.338 e. The molecule has 1 aromatic carbocycles. The van der Waals surface area contributed by atoms with E-state index >= 15 is 0 Å². The summed E-state index contributed by atoms with van der Waals surface area (Å²) < 4.78 is 10.2. The lowest BCUT2D eigenvalue weighted by molar-refractivity contribution is 0.0526. The first-order chi connectivity index (χ1) is 9.19. The third kappa shape index (κ3) is 5.18. The fraction of sp³-hybridized carbons (Fsp3) is 0.500. The highest BCUT2D eigenvalue weighted by molar-refractivity contribution is 5.91. The number of rotatable bonds is 8. The molecule has 1 aromatic rings. The van der Waals surface area contributed by atoms with Crippen LogP contribution < -0.4 is 11.1 Å². The van der Waals surface area contributed by atoms with Crippen LogP contribution in [0.25, 0.3) is 0 Å². The van der Waals surface area contributed by atoms with Gasteiger partial charge in [0.05, 0.1) is 23.5 Å². The maximum Gasteiger partial charge on any atom is 0.338 e. The predicted octanol–water partition coefficient (Wildman–Crippen LogP) is 2.28. The molecule has 0 amide bonds. The lowest BCUT2D eigenvalue weighted by Gasteiger charge is -2.10. The van der Waals surface area contributed by atoms with Gasteiger partial charge in [-0.3, -0.25) is 0 Å². The molecule has 0 radical (unpaired) electrons. The average molecular weight is 266 g/mol. The number of carbonyl (C=O) groups is 1. The molecular weight excluding hydrogens is 244 g/mol. The minimum Gasteiger partial charge on any atom is -0.462 e. The Morgan fingerprint density at radius 2 is 2.11 bits per heavy atom. The highest BCUT2D eigenvalue weighted by Gasteiger charge is 2.08. The van der Waals surface area contributed by atoms with Gasteiger partial charge in [-0.15, -0.1) is 0 Å². The normalized spacial score (nSPS) is 10.2. The zero-order valence-electron chi connectivity index (χ0n) is 11.6. The van der Waals surface area contributed by atoms with Gasteiger partial charge >= 0.3 is 5.97 Å². The summed E-state index contributed by atoms with van der Waals surface area (Å²) in [4.78, 5) is 11.5. The zero-order valence-corrected chi connectivity index (χ0v) is 11.6. The molecule has 106 valence electrons. The number of nitrogens with two attached hydrogens (primary N) is 1. The Kier molecular flexibility index (Phi) is 6.74. The van der Waals surface area contributed by atoms with Crippen molar-refractivity contribution in [3.8, 4) is 0 Å². The lowest BCUT2D eigenvalue weighted by atomic mass is 10.1. The first-order valence-corrected chi connectivity index (χ1v) is 6.57. The third-order valence-electron chi connectivity index (χ3n) is 2.55. The molecule has 1 rings (SSSR count). The number of nitrogen functional groups attached to an aromatic ring is 1. The largest absolute Gasteiger partial charge is 0.462 e. The van der Waals surface area contributed by atoms with E-state index in [-0.39, 0.29) is 5.97 Å². The Labute approximate surface area is 114 Å². The average Bonchev–Trinajstić information content (AvgIpc) is 2.40. The lowest BCUT2D eigenvalue weighted by Crippen LogP contribution is -2.09. The maximum absolute atomic E-state index is 11.5. The van der Waals surface area contributed by atoms with E-state index in [4.69, 9.17) is 15.2 Å². The van der Waals surface area contributed by atoms with Gasteiger partial charge in [0, 0.05) is 19.8 Å². The molecular formula is C14H22N2O3. The van der Waals surface area contributed by atoms with E-state index in [1.54, 1.807) is 25.1 Å². The topological polar surface area (TPSA) is 73.6 Å². The minimum absolute atomic E-state index is 0.350. The second kappa shape index (κ2) is 8.37. The van der Waals surface area contributed by atoms with Crippen molar-refractivity contribution in [2.45, 2.75) is 20.3 Å². The Bertz CT molecular complexity index is 408.